The molecule has 7 heteroatoms. The zero-order valence-corrected chi connectivity index (χ0v) is 16.4. The van der Waals surface area contributed by atoms with Crippen molar-refractivity contribution in [2.45, 2.75) is 6.92 Å². The van der Waals surface area contributed by atoms with Gasteiger partial charge in [-0.25, -0.2) is 14.3 Å². The predicted molar refractivity (Wildman–Crippen MR) is 110 cm³/mol. The number of esters is 1. The monoisotopic (exact) mass is 411 g/mol. The predicted octanol–water partition coefficient (Wildman–Crippen LogP) is 5.55. The first-order valence-electron chi connectivity index (χ1n) is 8.65. The van der Waals surface area contributed by atoms with Gasteiger partial charge in [-0.05, 0) is 31.2 Å². The summed E-state index contributed by atoms with van der Waals surface area (Å²) in [5, 5.41) is 5.62. The molecule has 0 unspecified atom stereocenters. The first-order chi connectivity index (χ1) is 13.6. The molecule has 4 aromatic rings. The molecule has 0 radical (unpaired) electrons. The van der Waals surface area contributed by atoms with E-state index in [0.717, 1.165) is 22.5 Å². The zero-order chi connectivity index (χ0) is 19.7. The van der Waals surface area contributed by atoms with E-state index in [1.54, 1.807) is 35.7 Å². The van der Waals surface area contributed by atoms with Gasteiger partial charge < -0.3 is 4.74 Å². The normalized spacial score (nSPS) is 11.0. The Balaban J connectivity index is 1.96. The summed E-state index contributed by atoms with van der Waals surface area (Å²) < 4.78 is 6.68. The van der Waals surface area contributed by atoms with Gasteiger partial charge in [0.1, 0.15) is 0 Å². The smallest absolute Gasteiger partial charge is 0.358 e. The highest BCUT2D eigenvalue weighted by atomic mass is 35.5. The molecule has 2 aromatic carbocycles. The molecular weight excluding hydrogens is 397 g/mol. The van der Waals surface area contributed by atoms with Crippen molar-refractivity contribution in [3.8, 4) is 22.5 Å². The molecule has 0 aliphatic rings. The molecule has 0 N–H and O–H groups in total. The molecule has 0 bridgehead atoms. The number of aromatic nitrogens is 3. The number of benzene rings is 2. The highest BCUT2D eigenvalue weighted by molar-refractivity contribution is 6.33. The Labute approximate surface area is 171 Å². The first-order valence-corrected chi connectivity index (χ1v) is 9.41. The van der Waals surface area contributed by atoms with E-state index in [1.165, 1.54) is 0 Å². The van der Waals surface area contributed by atoms with Crippen LogP contribution in [-0.4, -0.2) is 27.2 Å². The van der Waals surface area contributed by atoms with Gasteiger partial charge in [0.15, 0.2) is 11.3 Å². The third-order valence-corrected chi connectivity index (χ3v) is 4.78. The van der Waals surface area contributed by atoms with Crippen LogP contribution in [0.25, 0.3) is 28.2 Å². The molecule has 2 aromatic heterocycles. The molecule has 5 nitrogen and oxygen atoms in total. The Morgan fingerprint density at radius 3 is 2.54 bits per heavy atom. The Hall–Kier alpha value is -2.89. The van der Waals surface area contributed by atoms with Crippen molar-refractivity contribution in [1.82, 2.24) is 14.6 Å². The van der Waals surface area contributed by atoms with Crippen LogP contribution >= 0.6 is 23.2 Å². The molecule has 140 valence electrons. The standard InChI is InChI=1S/C21H15Cl2N3O2/c1-2-28-21(27)18-12-20-24-17(13-7-9-14(22)10-8-13)11-19(26(20)25-18)15-5-3-4-6-16(15)23/h3-12H,2H2,1H3. The summed E-state index contributed by atoms with van der Waals surface area (Å²) in [6.07, 6.45) is 0. The maximum absolute atomic E-state index is 12.2. The molecule has 2 heterocycles. The summed E-state index contributed by atoms with van der Waals surface area (Å²) in [6.45, 7) is 2.02. The largest absolute Gasteiger partial charge is 0.461 e. The molecule has 0 fully saturated rings. The highest BCUT2D eigenvalue weighted by Gasteiger charge is 2.18. The van der Waals surface area contributed by atoms with E-state index < -0.39 is 5.97 Å². The maximum atomic E-state index is 12.2. The number of halogens is 2. The molecule has 0 saturated carbocycles. The topological polar surface area (TPSA) is 56.5 Å². The van der Waals surface area contributed by atoms with Gasteiger partial charge in [-0.15, -0.1) is 0 Å². The zero-order valence-electron chi connectivity index (χ0n) is 14.9. The summed E-state index contributed by atoms with van der Waals surface area (Å²) in [4.78, 5) is 16.8. The van der Waals surface area contributed by atoms with Crippen LogP contribution in [0.5, 0.6) is 0 Å². The quantitative estimate of drug-likeness (QED) is 0.413. The number of fused-ring (bicyclic) bond motifs is 1. The fraction of sp³-hybridized carbons (Fsp3) is 0.0952. The maximum Gasteiger partial charge on any atom is 0.358 e. The van der Waals surface area contributed by atoms with E-state index in [4.69, 9.17) is 27.9 Å². The molecule has 0 aliphatic heterocycles. The van der Waals surface area contributed by atoms with Crippen LogP contribution in [0.4, 0.5) is 0 Å². The Bertz CT molecular complexity index is 1170. The van der Waals surface area contributed by atoms with Crippen LogP contribution in [0, 0.1) is 0 Å². The van der Waals surface area contributed by atoms with Gasteiger partial charge in [0, 0.05) is 27.2 Å². The van der Waals surface area contributed by atoms with Crippen molar-refractivity contribution in [3.05, 3.63) is 76.4 Å². The van der Waals surface area contributed by atoms with Crippen molar-refractivity contribution in [2.24, 2.45) is 0 Å². The summed E-state index contributed by atoms with van der Waals surface area (Å²) >= 11 is 12.4. The van der Waals surface area contributed by atoms with Crippen molar-refractivity contribution in [3.63, 3.8) is 0 Å². The van der Waals surface area contributed by atoms with Crippen LogP contribution < -0.4 is 0 Å². The Morgan fingerprint density at radius 2 is 1.82 bits per heavy atom. The van der Waals surface area contributed by atoms with E-state index >= 15 is 0 Å². The minimum Gasteiger partial charge on any atom is -0.461 e. The molecule has 0 saturated heterocycles. The van der Waals surface area contributed by atoms with Gasteiger partial charge in [-0.1, -0.05) is 53.5 Å². The van der Waals surface area contributed by atoms with Crippen LogP contribution in [0.1, 0.15) is 17.4 Å². The number of nitrogens with zero attached hydrogens (tertiary/aromatic N) is 3. The van der Waals surface area contributed by atoms with Crippen molar-refractivity contribution < 1.29 is 9.53 Å². The van der Waals surface area contributed by atoms with Gasteiger partial charge >= 0.3 is 5.97 Å². The third-order valence-electron chi connectivity index (χ3n) is 4.20. The van der Waals surface area contributed by atoms with Crippen molar-refractivity contribution >= 4 is 34.8 Å². The number of carbonyl (C=O) groups excluding carboxylic acids is 1. The number of carbonyl (C=O) groups is 1. The van der Waals surface area contributed by atoms with Crippen LogP contribution in [0.3, 0.4) is 0 Å². The van der Waals surface area contributed by atoms with Crippen LogP contribution in [-0.2, 0) is 4.74 Å². The molecule has 0 spiro atoms. The first kappa shape index (κ1) is 18.5. The van der Waals surface area contributed by atoms with Gasteiger partial charge in [-0.3, -0.25) is 0 Å². The number of hydrogen-bond donors (Lipinski definition) is 0. The van der Waals surface area contributed by atoms with E-state index in [0.29, 0.717) is 15.7 Å². The fourth-order valence-corrected chi connectivity index (χ4v) is 3.27. The summed E-state index contributed by atoms with van der Waals surface area (Å²) in [5.41, 5.74) is 3.82. The molecule has 0 amide bonds. The lowest BCUT2D eigenvalue weighted by atomic mass is 10.1. The minimum absolute atomic E-state index is 0.191. The lowest BCUT2D eigenvalue weighted by Crippen LogP contribution is -2.06. The van der Waals surface area contributed by atoms with E-state index in [9.17, 15) is 4.79 Å². The SMILES string of the molecule is CCOC(=O)c1cc2nc(-c3ccc(Cl)cc3)cc(-c3ccccc3Cl)n2n1. The highest BCUT2D eigenvalue weighted by Crippen LogP contribution is 2.31. The molecular formula is C21H15Cl2N3O2. The lowest BCUT2D eigenvalue weighted by molar-refractivity contribution is 0.0519. The number of rotatable bonds is 4. The van der Waals surface area contributed by atoms with Crippen LogP contribution in [0.15, 0.2) is 60.7 Å². The van der Waals surface area contributed by atoms with Gasteiger partial charge in [0.25, 0.3) is 0 Å². The van der Waals surface area contributed by atoms with Gasteiger partial charge in [-0.2, -0.15) is 5.10 Å². The molecule has 0 atom stereocenters. The fourth-order valence-electron chi connectivity index (χ4n) is 2.91. The summed E-state index contributed by atoms with van der Waals surface area (Å²) in [5.74, 6) is -0.494. The second kappa shape index (κ2) is 7.62. The third kappa shape index (κ3) is 3.46. The Morgan fingerprint density at radius 1 is 1.07 bits per heavy atom. The van der Waals surface area contributed by atoms with Crippen molar-refractivity contribution in [1.29, 1.82) is 0 Å². The number of ether oxygens (including phenoxy) is 1. The molecule has 28 heavy (non-hydrogen) atoms. The van der Waals surface area contributed by atoms with Crippen LogP contribution in [0.2, 0.25) is 10.0 Å². The average molecular weight is 412 g/mol. The summed E-state index contributed by atoms with van der Waals surface area (Å²) in [6, 6.07) is 18.3. The van der Waals surface area contributed by atoms with Crippen molar-refractivity contribution in [2.75, 3.05) is 6.61 Å². The Kier molecular flexibility index (Phi) is 5.03. The average Bonchev–Trinajstić information content (AvgIpc) is 3.13. The minimum atomic E-state index is -0.494. The summed E-state index contributed by atoms with van der Waals surface area (Å²) in [7, 11) is 0. The van der Waals surface area contributed by atoms with E-state index in [1.807, 2.05) is 36.4 Å². The van der Waals surface area contributed by atoms with Gasteiger partial charge in [0.05, 0.1) is 18.0 Å². The van der Waals surface area contributed by atoms with Gasteiger partial charge in [0.2, 0.25) is 0 Å². The lowest BCUT2D eigenvalue weighted by Gasteiger charge is -2.10. The molecule has 4 rings (SSSR count). The van der Waals surface area contributed by atoms with E-state index in [2.05, 4.69) is 10.1 Å². The second-order valence-electron chi connectivity index (χ2n) is 6.03. The second-order valence-corrected chi connectivity index (χ2v) is 6.88. The number of hydrogen-bond acceptors (Lipinski definition) is 4. The van der Waals surface area contributed by atoms with E-state index in [-0.39, 0.29) is 12.3 Å². The molecule has 0 aliphatic carbocycles.